The Labute approximate surface area is 126 Å². The first kappa shape index (κ1) is 15.6. The van der Waals surface area contributed by atoms with E-state index >= 15 is 0 Å². The number of amides is 1. The van der Waals surface area contributed by atoms with Crippen LogP contribution >= 0.6 is 0 Å². The molecule has 0 spiro atoms. The number of allylic oxidation sites excluding steroid dienone is 2. The first-order valence-corrected chi connectivity index (χ1v) is 6.59. The van der Waals surface area contributed by atoms with Gasteiger partial charge in [-0.05, 0) is 26.0 Å². The molecule has 6 nitrogen and oxygen atoms in total. The van der Waals surface area contributed by atoms with E-state index in [2.05, 4.69) is 0 Å². The number of carbonyl (C=O) groups is 4. The molecule has 2 rings (SSSR count). The van der Waals surface area contributed by atoms with E-state index in [0.717, 1.165) is 0 Å². The van der Waals surface area contributed by atoms with Crippen LogP contribution in [0.4, 0.5) is 0 Å². The van der Waals surface area contributed by atoms with Gasteiger partial charge in [-0.2, -0.15) is 0 Å². The zero-order chi connectivity index (χ0) is 16.5. The topological polar surface area (TPSA) is 104 Å². The molecule has 0 radical (unpaired) electrons. The molecule has 0 aromatic heterocycles. The Bertz CT molecular complexity index is 715. The minimum Gasteiger partial charge on any atom is -0.483 e. The summed E-state index contributed by atoms with van der Waals surface area (Å²) in [5.74, 6) is -1.45. The van der Waals surface area contributed by atoms with Crippen molar-refractivity contribution >= 4 is 23.8 Å². The second-order valence-corrected chi connectivity index (χ2v) is 5.52. The molecule has 1 aromatic rings. The van der Waals surface area contributed by atoms with Gasteiger partial charge in [-0.25, -0.2) is 0 Å². The standard InChI is InChI=1S/C16H15NO5/c1-16(2,8-18)10-6-11(19)9-4-3-5-12(14(9)15(10)21)22-7-13(17)20/h3-6,8H,7H2,1-2H3,(H2,17,20). The molecule has 22 heavy (non-hydrogen) atoms. The number of rotatable bonds is 5. The summed E-state index contributed by atoms with van der Waals surface area (Å²) in [4.78, 5) is 46.9. The number of fused-ring (bicyclic) bond motifs is 1. The molecular weight excluding hydrogens is 286 g/mol. The van der Waals surface area contributed by atoms with Crippen LogP contribution in [0.2, 0.25) is 0 Å². The van der Waals surface area contributed by atoms with Gasteiger partial charge in [0, 0.05) is 16.6 Å². The van der Waals surface area contributed by atoms with Crippen LogP contribution in [0, 0.1) is 5.41 Å². The zero-order valence-electron chi connectivity index (χ0n) is 12.2. The fourth-order valence-corrected chi connectivity index (χ4v) is 2.19. The lowest BCUT2D eigenvalue weighted by Crippen LogP contribution is -2.29. The van der Waals surface area contributed by atoms with E-state index in [0.29, 0.717) is 6.29 Å². The van der Waals surface area contributed by atoms with Crippen molar-refractivity contribution in [1.29, 1.82) is 0 Å². The average molecular weight is 301 g/mol. The number of hydrogen-bond acceptors (Lipinski definition) is 5. The Morgan fingerprint density at radius 2 is 2.00 bits per heavy atom. The first-order chi connectivity index (χ1) is 10.3. The average Bonchev–Trinajstić information content (AvgIpc) is 2.48. The number of carbonyl (C=O) groups excluding carboxylic acids is 4. The summed E-state index contributed by atoms with van der Waals surface area (Å²) in [6.07, 6.45) is 1.79. The summed E-state index contributed by atoms with van der Waals surface area (Å²) >= 11 is 0. The Balaban J connectivity index is 2.54. The smallest absolute Gasteiger partial charge is 0.255 e. The van der Waals surface area contributed by atoms with Crippen molar-refractivity contribution in [2.24, 2.45) is 11.1 Å². The molecule has 1 aliphatic rings. The first-order valence-electron chi connectivity index (χ1n) is 6.59. The Morgan fingerprint density at radius 3 is 2.59 bits per heavy atom. The normalized spacial score (nSPS) is 14.2. The maximum absolute atomic E-state index is 12.7. The van der Waals surface area contributed by atoms with Crippen molar-refractivity contribution in [3.05, 3.63) is 41.0 Å². The molecule has 2 N–H and O–H groups in total. The maximum Gasteiger partial charge on any atom is 0.255 e. The van der Waals surface area contributed by atoms with Gasteiger partial charge in [-0.1, -0.05) is 12.1 Å². The van der Waals surface area contributed by atoms with E-state index in [4.69, 9.17) is 10.5 Å². The zero-order valence-corrected chi connectivity index (χ0v) is 12.2. The fourth-order valence-electron chi connectivity index (χ4n) is 2.19. The third kappa shape index (κ3) is 2.67. The second-order valence-electron chi connectivity index (χ2n) is 5.52. The number of nitrogens with two attached hydrogens (primary N) is 1. The molecule has 0 saturated carbocycles. The maximum atomic E-state index is 12.7. The van der Waals surface area contributed by atoms with E-state index in [9.17, 15) is 19.2 Å². The van der Waals surface area contributed by atoms with Crippen LogP contribution in [-0.4, -0.2) is 30.4 Å². The number of Topliss-reactive ketones (excluding diaryl/α,β-unsaturated/α-hetero) is 1. The van der Waals surface area contributed by atoms with Crippen LogP contribution in [0.3, 0.4) is 0 Å². The Morgan fingerprint density at radius 1 is 1.32 bits per heavy atom. The molecule has 0 aliphatic heterocycles. The van der Waals surface area contributed by atoms with E-state index < -0.39 is 23.7 Å². The summed E-state index contributed by atoms with van der Waals surface area (Å²) in [6, 6.07) is 4.52. The van der Waals surface area contributed by atoms with Crippen LogP contribution in [0.1, 0.15) is 34.6 Å². The molecule has 0 unspecified atom stereocenters. The highest BCUT2D eigenvalue weighted by molar-refractivity contribution is 6.26. The van der Waals surface area contributed by atoms with E-state index in [1.165, 1.54) is 18.2 Å². The van der Waals surface area contributed by atoms with Crippen molar-refractivity contribution in [1.82, 2.24) is 0 Å². The second kappa shape index (κ2) is 5.55. The van der Waals surface area contributed by atoms with Gasteiger partial charge in [0.1, 0.15) is 12.0 Å². The number of aldehydes is 1. The quantitative estimate of drug-likeness (QED) is 0.820. The highest BCUT2D eigenvalue weighted by atomic mass is 16.5. The molecule has 0 fully saturated rings. The molecule has 0 atom stereocenters. The molecule has 0 heterocycles. The molecule has 1 amide bonds. The van der Waals surface area contributed by atoms with Crippen LogP contribution in [0.25, 0.3) is 0 Å². The minimum atomic E-state index is -1.10. The molecule has 0 saturated heterocycles. The molecule has 114 valence electrons. The molecule has 1 aromatic carbocycles. The Kier molecular flexibility index (Phi) is 3.95. The highest BCUT2D eigenvalue weighted by Gasteiger charge is 2.36. The van der Waals surface area contributed by atoms with Gasteiger partial charge in [0.2, 0.25) is 0 Å². The van der Waals surface area contributed by atoms with Gasteiger partial charge in [-0.3, -0.25) is 14.4 Å². The van der Waals surface area contributed by atoms with Crippen LogP contribution in [0.15, 0.2) is 29.8 Å². The summed E-state index contributed by atoms with van der Waals surface area (Å²) < 4.78 is 5.22. The van der Waals surface area contributed by atoms with Gasteiger partial charge < -0.3 is 15.3 Å². The van der Waals surface area contributed by atoms with Crippen molar-refractivity contribution in [3.8, 4) is 5.75 Å². The lowest BCUT2D eigenvalue weighted by molar-refractivity contribution is -0.120. The van der Waals surface area contributed by atoms with Crippen LogP contribution < -0.4 is 10.5 Å². The van der Waals surface area contributed by atoms with Crippen molar-refractivity contribution in [3.63, 3.8) is 0 Å². The van der Waals surface area contributed by atoms with E-state index in [-0.39, 0.29) is 28.2 Å². The van der Waals surface area contributed by atoms with Gasteiger partial charge in [0.05, 0.1) is 5.56 Å². The van der Waals surface area contributed by atoms with Crippen molar-refractivity contribution in [2.75, 3.05) is 6.61 Å². The predicted molar refractivity (Wildman–Crippen MR) is 77.7 cm³/mol. The highest BCUT2D eigenvalue weighted by Crippen LogP contribution is 2.36. The van der Waals surface area contributed by atoms with Gasteiger partial charge in [-0.15, -0.1) is 0 Å². The molecule has 0 bridgehead atoms. The minimum absolute atomic E-state index is 0.0566. The van der Waals surface area contributed by atoms with Crippen LogP contribution in [0.5, 0.6) is 5.75 Å². The number of ether oxygens (including phenoxy) is 1. The fraction of sp³-hybridized carbons (Fsp3) is 0.250. The van der Waals surface area contributed by atoms with Gasteiger partial charge in [0.15, 0.2) is 18.2 Å². The SMILES string of the molecule is CC(C)(C=O)C1=CC(=O)c2cccc(OCC(N)=O)c2C1=O. The lowest BCUT2D eigenvalue weighted by Gasteiger charge is -2.25. The summed E-state index contributed by atoms with van der Waals surface area (Å²) in [5.41, 5.74) is 4.25. The number of benzene rings is 1. The summed E-state index contributed by atoms with van der Waals surface area (Å²) in [5, 5.41) is 0. The third-order valence-corrected chi connectivity index (χ3v) is 3.40. The van der Waals surface area contributed by atoms with Gasteiger partial charge >= 0.3 is 0 Å². The Hall–Kier alpha value is -2.76. The van der Waals surface area contributed by atoms with Crippen molar-refractivity contribution < 1.29 is 23.9 Å². The molecule has 1 aliphatic carbocycles. The summed E-state index contributed by atoms with van der Waals surface area (Å²) in [7, 11) is 0. The number of ketones is 2. The van der Waals surface area contributed by atoms with Crippen molar-refractivity contribution in [2.45, 2.75) is 13.8 Å². The van der Waals surface area contributed by atoms with E-state index in [1.54, 1.807) is 19.9 Å². The number of hydrogen-bond donors (Lipinski definition) is 1. The predicted octanol–water partition coefficient (Wildman–Crippen LogP) is 1.08. The largest absolute Gasteiger partial charge is 0.483 e. The third-order valence-electron chi connectivity index (χ3n) is 3.40. The van der Waals surface area contributed by atoms with Gasteiger partial charge in [0.25, 0.3) is 5.91 Å². The molecule has 6 heteroatoms. The monoisotopic (exact) mass is 301 g/mol. The summed E-state index contributed by atoms with van der Waals surface area (Å²) in [6.45, 7) is 2.69. The lowest BCUT2D eigenvalue weighted by atomic mass is 9.76. The molecular formula is C16H15NO5. The van der Waals surface area contributed by atoms with Crippen LogP contribution in [-0.2, 0) is 9.59 Å². The van der Waals surface area contributed by atoms with E-state index in [1.807, 2.05) is 0 Å². The number of primary amides is 1.